The minimum absolute atomic E-state index is 0.405. The Morgan fingerprint density at radius 3 is 1.82 bits per heavy atom. The van der Waals surface area contributed by atoms with Crippen molar-refractivity contribution in [3.05, 3.63) is 0 Å². The summed E-state index contributed by atoms with van der Waals surface area (Å²) in [5.41, 5.74) is 0. The molecule has 0 N–H and O–H groups in total. The molecule has 0 spiro atoms. The van der Waals surface area contributed by atoms with Gasteiger partial charge in [0.2, 0.25) is 0 Å². The molecule has 0 amide bonds. The van der Waals surface area contributed by atoms with Crippen molar-refractivity contribution in [1.29, 1.82) is 0 Å². The molecule has 0 aromatic heterocycles. The Kier molecular flexibility index (Phi) is 2.70. The van der Waals surface area contributed by atoms with Crippen molar-refractivity contribution >= 4 is 0 Å². The molecule has 2 unspecified atom stereocenters. The summed E-state index contributed by atoms with van der Waals surface area (Å²) in [5, 5.41) is 0. The lowest BCUT2D eigenvalue weighted by Crippen LogP contribution is -2.39. The van der Waals surface area contributed by atoms with E-state index >= 15 is 0 Å². The summed E-state index contributed by atoms with van der Waals surface area (Å²) in [4.78, 5) is 3.23. The first kappa shape index (κ1) is 8.77. The first-order chi connectivity index (χ1) is 5.15. The van der Waals surface area contributed by atoms with Gasteiger partial charge in [-0.25, -0.2) is 13.2 Å². The van der Waals surface area contributed by atoms with E-state index in [1.165, 1.54) is 0 Å². The average Bonchev–Trinajstić information content (AvgIpc) is 1.99. The third-order valence-corrected chi connectivity index (χ3v) is 1.79. The number of alkyl halides is 3. The van der Waals surface area contributed by atoms with E-state index in [1.807, 2.05) is 0 Å². The van der Waals surface area contributed by atoms with Gasteiger partial charge in [-0.3, -0.25) is 0 Å². The monoisotopic (exact) mass is 172 g/mol. The van der Waals surface area contributed by atoms with E-state index < -0.39 is 37.5 Å². The molecule has 66 valence electrons. The van der Waals surface area contributed by atoms with E-state index in [9.17, 15) is 17.7 Å². The Labute approximate surface area is 61.2 Å². The molecule has 1 aliphatic rings. The number of halogens is 4. The number of hydrogen-bond donors (Lipinski definition) is 0. The van der Waals surface area contributed by atoms with Crippen molar-refractivity contribution in [2.24, 2.45) is 0 Å². The summed E-state index contributed by atoms with van der Waals surface area (Å²) in [5.74, 6) is 0. The molecule has 1 rings (SSSR count). The van der Waals surface area contributed by atoms with Crippen LogP contribution in [-0.2, 0) is 4.94 Å². The minimum Gasteiger partial charge on any atom is -0.244 e. The van der Waals surface area contributed by atoms with Gasteiger partial charge >= 0.3 is 0 Å². The molecule has 5 heteroatoms. The fraction of sp³-hybridized carbons (Fsp3) is 1.00. The molecule has 1 fully saturated rings. The zero-order valence-corrected chi connectivity index (χ0v) is 5.64. The Bertz CT molecular complexity index is 120. The summed E-state index contributed by atoms with van der Waals surface area (Å²) in [7, 11) is 0. The lowest BCUT2D eigenvalue weighted by molar-refractivity contribution is -0.205. The summed E-state index contributed by atoms with van der Waals surface area (Å²) in [6.45, 7) is 0. The van der Waals surface area contributed by atoms with Gasteiger partial charge in [0.1, 0.15) is 18.4 Å². The predicted molar refractivity (Wildman–Crippen MR) is 29.9 cm³/mol. The van der Waals surface area contributed by atoms with E-state index in [4.69, 9.17) is 0 Å². The number of hydrogen-bond acceptors (Lipinski definition) is 1. The Morgan fingerprint density at radius 1 is 1.00 bits per heavy atom. The highest BCUT2D eigenvalue weighted by molar-refractivity contribution is 4.86. The lowest BCUT2D eigenvalue weighted by atomic mass is 9.93. The van der Waals surface area contributed by atoms with Crippen LogP contribution in [0.5, 0.6) is 0 Å². The normalized spacial score (nSPS) is 45.8. The van der Waals surface area contributed by atoms with Crippen molar-refractivity contribution in [3.8, 4) is 0 Å². The zero-order valence-electron chi connectivity index (χ0n) is 5.64. The molecule has 1 saturated carbocycles. The van der Waals surface area contributed by atoms with Crippen molar-refractivity contribution in [2.45, 2.75) is 37.5 Å². The highest BCUT2D eigenvalue weighted by atomic mass is 19.3. The van der Waals surface area contributed by atoms with Crippen LogP contribution in [0.15, 0.2) is 0 Å². The molecule has 0 aliphatic heterocycles. The third-order valence-electron chi connectivity index (χ3n) is 1.79. The molecule has 0 saturated heterocycles. The van der Waals surface area contributed by atoms with Gasteiger partial charge in [-0.15, -0.1) is 0 Å². The molecular weight excluding hydrogens is 164 g/mol. The SMILES string of the molecule is FOC1CC(F)C(F)C(F)C1. The van der Waals surface area contributed by atoms with Gasteiger partial charge in [-0.1, -0.05) is 0 Å². The smallest absolute Gasteiger partial charge is 0.162 e. The van der Waals surface area contributed by atoms with Gasteiger partial charge in [0.15, 0.2) is 6.17 Å². The quantitative estimate of drug-likeness (QED) is 0.550. The molecule has 0 heterocycles. The highest BCUT2D eigenvalue weighted by Gasteiger charge is 2.39. The van der Waals surface area contributed by atoms with Crippen LogP contribution < -0.4 is 0 Å². The minimum atomic E-state index is -2.12. The molecule has 1 nitrogen and oxygen atoms in total. The molecule has 2 atom stereocenters. The first-order valence-corrected chi connectivity index (χ1v) is 3.34. The van der Waals surface area contributed by atoms with E-state index in [0.29, 0.717) is 0 Å². The van der Waals surface area contributed by atoms with Crippen molar-refractivity contribution < 1.29 is 22.6 Å². The van der Waals surface area contributed by atoms with E-state index in [0.717, 1.165) is 0 Å². The molecule has 0 radical (unpaired) electrons. The van der Waals surface area contributed by atoms with Crippen LogP contribution in [0.2, 0.25) is 0 Å². The van der Waals surface area contributed by atoms with Gasteiger partial charge in [0.05, 0.1) is 0 Å². The molecule has 0 bridgehead atoms. The summed E-state index contributed by atoms with van der Waals surface area (Å²) in [6.07, 6.45) is -7.96. The van der Waals surface area contributed by atoms with E-state index in [1.54, 1.807) is 0 Å². The summed E-state index contributed by atoms with van der Waals surface area (Å²) in [6, 6.07) is 0. The average molecular weight is 172 g/mol. The Balaban J connectivity index is 2.47. The third kappa shape index (κ3) is 1.83. The standard InChI is InChI=1S/C6H8F4O/c7-4-1-3(11-10)2-5(8)6(4)9/h3-6H,1-2H2. The van der Waals surface area contributed by atoms with E-state index in [-0.39, 0.29) is 0 Å². The van der Waals surface area contributed by atoms with Gasteiger partial charge in [0, 0.05) is 12.8 Å². The Hall–Kier alpha value is -0.320. The second-order valence-corrected chi connectivity index (χ2v) is 2.66. The molecule has 11 heavy (non-hydrogen) atoms. The van der Waals surface area contributed by atoms with Crippen LogP contribution in [0.25, 0.3) is 0 Å². The Morgan fingerprint density at radius 2 is 1.45 bits per heavy atom. The summed E-state index contributed by atoms with van der Waals surface area (Å²) >= 11 is 0. The topological polar surface area (TPSA) is 9.23 Å². The van der Waals surface area contributed by atoms with Gasteiger partial charge < -0.3 is 0 Å². The molecule has 0 aromatic carbocycles. The maximum absolute atomic E-state index is 12.4. The molecular formula is C6H8F4O. The number of rotatable bonds is 1. The lowest BCUT2D eigenvalue weighted by Gasteiger charge is -2.27. The van der Waals surface area contributed by atoms with Gasteiger partial charge in [-0.2, -0.15) is 4.94 Å². The zero-order chi connectivity index (χ0) is 8.43. The second-order valence-electron chi connectivity index (χ2n) is 2.66. The van der Waals surface area contributed by atoms with Crippen LogP contribution in [0, 0.1) is 0 Å². The van der Waals surface area contributed by atoms with Crippen LogP contribution >= 0.6 is 0 Å². The van der Waals surface area contributed by atoms with E-state index in [2.05, 4.69) is 4.94 Å². The maximum Gasteiger partial charge on any atom is 0.162 e. The van der Waals surface area contributed by atoms with Crippen molar-refractivity contribution in [1.82, 2.24) is 0 Å². The van der Waals surface area contributed by atoms with Crippen LogP contribution in [0.4, 0.5) is 17.7 Å². The highest BCUT2D eigenvalue weighted by Crippen LogP contribution is 2.28. The predicted octanol–water partition coefficient (Wildman–Crippen LogP) is 2.06. The molecule has 1 aliphatic carbocycles. The van der Waals surface area contributed by atoms with Gasteiger partial charge in [-0.05, 0) is 4.53 Å². The fourth-order valence-corrected chi connectivity index (χ4v) is 1.16. The summed E-state index contributed by atoms with van der Waals surface area (Å²) < 4.78 is 48.6. The van der Waals surface area contributed by atoms with Gasteiger partial charge in [0.25, 0.3) is 0 Å². The van der Waals surface area contributed by atoms with Crippen molar-refractivity contribution in [2.75, 3.05) is 0 Å². The maximum atomic E-state index is 12.4. The van der Waals surface area contributed by atoms with Crippen LogP contribution in [-0.4, -0.2) is 24.6 Å². The fourth-order valence-electron chi connectivity index (χ4n) is 1.16. The first-order valence-electron chi connectivity index (χ1n) is 3.34. The largest absolute Gasteiger partial charge is 0.244 e. The van der Waals surface area contributed by atoms with Crippen molar-refractivity contribution in [3.63, 3.8) is 0 Å². The van der Waals surface area contributed by atoms with Crippen LogP contribution in [0.1, 0.15) is 12.8 Å². The molecule has 0 aromatic rings. The van der Waals surface area contributed by atoms with Crippen LogP contribution in [0.3, 0.4) is 0 Å². The second kappa shape index (κ2) is 3.38.